The third-order valence-electron chi connectivity index (χ3n) is 6.17. The molecular weight excluding hydrogens is 534 g/mol. The van der Waals surface area contributed by atoms with Crippen LogP contribution in [0.3, 0.4) is 0 Å². The van der Waals surface area contributed by atoms with E-state index in [1.165, 1.54) is 30.3 Å². The van der Waals surface area contributed by atoms with E-state index >= 15 is 0 Å². The number of hydrogen-bond acceptors (Lipinski definition) is 6. The summed E-state index contributed by atoms with van der Waals surface area (Å²) < 4.78 is 41.8. The van der Waals surface area contributed by atoms with Gasteiger partial charge in [0, 0.05) is 23.9 Å². The normalized spacial score (nSPS) is 13.2. The van der Waals surface area contributed by atoms with Crippen LogP contribution in [0.25, 0.3) is 5.70 Å². The first-order chi connectivity index (χ1) is 18.2. The molecule has 1 atom stereocenters. The van der Waals surface area contributed by atoms with E-state index in [2.05, 4.69) is 31.4 Å². The minimum atomic E-state index is -4.66. The highest BCUT2D eigenvalue weighted by Crippen LogP contribution is 2.40. The number of anilines is 1. The van der Waals surface area contributed by atoms with Crippen LogP contribution in [0.5, 0.6) is 0 Å². The van der Waals surface area contributed by atoms with Crippen LogP contribution in [0.1, 0.15) is 56.9 Å². The SMILES string of the molecule is C=C(NC(=O)c1c(C(C)(C)P)nn2c1N(Cc1cc(N=O)cc(C(F)(F)F)c1)CC2)c1ccc(C(=O)O)cc1. The minimum Gasteiger partial charge on any atom is -0.478 e. The fourth-order valence-electron chi connectivity index (χ4n) is 4.35. The Morgan fingerprint density at radius 2 is 1.77 bits per heavy atom. The van der Waals surface area contributed by atoms with E-state index in [9.17, 15) is 27.7 Å². The number of aromatic nitrogens is 2. The number of nitroso groups, excluding NO2 is 1. The Morgan fingerprint density at radius 1 is 1.13 bits per heavy atom. The highest BCUT2D eigenvalue weighted by Gasteiger charge is 2.37. The summed E-state index contributed by atoms with van der Waals surface area (Å²) >= 11 is 0. The van der Waals surface area contributed by atoms with E-state index in [-0.39, 0.29) is 34.6 Å². The number of aromatic carboxylic acids is 1. The molecule has 1 aliphatic rings. The Labute approximate surface area is 223 Å². The molecule has 39 heavy (non-hydrogen) atoms. The van der Waals surface area contributed by atoms with Crippen molar-refractivity contribution in [3.63, 3.8) is 0 Å². The smallest absolute Gasteiger partial charge is 0.416 e. The van der Waals surface area contributed by atoms with Gasteiger partial charge in [0.05, 0.1) is 23.4 Å². The topological polar surface area (TPSA) is 117 Å². The van der Waals surface area contributed by atoms with E-state index in [1.54, 1.807) is 9.58 Å². The number of rotatable bonds is 8. The van der Waals surface area contributed by atoms with Crippen LogP contribution in [0, 0.1) is 4.91 Å². The molecule has 2 aromatic carbocycles. The number of carbonyl (C=O) groups is 2. The molecule has 2 heterocycles. The summed E-state index contributed by atoms with van der Waals surface area (Å²) in [5.41, 5.74) is 0.369. The fourth-order valence-corrected chi connectivity index (χ4v) is 4.56. The highest BCUT2D eigenvalue weighted by atomic mass is 31.0. The first-order valence-electron chi connectivity index (χ1n) is 11.7. The lowest BCUT2D eigenvalue weighted by atomic mass is 10.0. The maximum atomic E-state index is 13.6. The average molecular weight is 559 g/mol. The van der Waals surface area contributed by atoms with Gasteiger partial charge in [-0.1, -0.05) is 32.6 Å². The molecule has 4 rings (SSSR count). The van der Waals surface area contributed by atoms with E-state index in [4.69, 9.17) is 5.11 Å². The third kappa shape index (κ3) is 5.85. The van der Waals surface area contributed by atoms with Gasteiger partial charge in [0.1, 0.15) is 17.1 Å². The molecule has 1 aromatic heterocycles. The number of amides is 1. The van der Waals surface area contributed by atoms with Crippen molar-refractivity contribution < 1.29 is 27.9 Å². The zero-order chi connectivity index (χ0) is 28.7. The summed E-state index contributed by atoms with van der Waals surface area (Å²) in [4.78, 5) is 37.5. The molecule has 0 saturated carbocycles. The second kappa shape index (κ2) is 10.3. The second-order valence-electron chi connectivity index (χ2n) is 9.71. The predicted molar refractivity (Wildman–Crippen MR) is 143 cm³/mol. The number of benzene rings is 2. The van der Waals surface area contributed by atoms with Crippen molar-refractivity contribution in [2.45, 2.75) is 38.3 Å². The van der Waals surface area contributed by atoms with Gasteiger partial charge in [0.15, 0.2) is 0 Å². The number of halogens is 3. The van der Waals surface area contributed by atoms with Crippen molar-refractivity contribution in [1.82, 2.24) is 15.1 Å². The fraction of sp³-hybridized carbons (Fsp3) is 0.269. The lowest BCUT2D eigenvalue weighted by Gasteiger charge is -2.22. The quantitative estimate of drug-likeness (QED) is 0.277. The number of hydrogen-bond donors (Lipinski definition) is 2. The van der Waals surface area contributed by atoms with Crippen molar-refractivity contribution in [1.29, 1.82) is 0 Å². The largest absolute Gasteiger partial charge is 0.478 e. The summed E-state index contributed by atoms with van der Waals surface area (Å²) in [6.07, 6.45) is -4.66. The summed E-state index contributed by atoms with van der Waals surface area (Å²) in [7, 11) is 2.63. The third-order valence-corrected chi connectivity index (χ3v) is 6.45. The first kappa shape index (κ1) is 28.0. The molecule has 0 spiro atoms. The van der Waals surface area contributed by atoms with Gasteiger partial charge in [-0.2, -0.15) is 18.3 Å². The second-order valence-corrected chi connectivity index (χ2v) is 11.1. The van der Waals surface area contributed by atoms with Crippen molar-refractivity contribution in [3.8, 4) is 0 Å². The molecule has 1 aliphatic heterocycles. The number of fused-ring (bicyclic) bond motifs is 1. The number of nitrogens with one attached hydrogen (secondary N) is 1. The maximum absolute atomic E-state index is 13.6. The van der Waals surface area contributed by atoms with Gasteiger partial charge >= 0.3 is 12.1 Å². The molecule has 1 amide bonds. The van der Waals surface area contributed by atoms with Crippen LogP contribution >= 0.6 is 9.24 Å². The van der Waals surface area contributed by atoms with Gasteiger partial charge in [0.25, 0.3) is 5.91 Å². The van der Waals surface area contributed by atoms with Crippen molar-refractivity contribution in [3.05, 3.63) is 87.5 Å². The number of carboxylic acid groups (broad SMARTS) is 1. The number of alkyl halides is 3. The number of nitrogens with zero attached hydrogens (tertiary/aromatic N) is 4. The Morgan fingerprint density at radius 3 is 2.33 bits per heavy atom. The van der Waals surface area contributed by atoms with Gasteiger partial charge in [0.2, 0.25) is 0 Å². The van der Waals surface area contributed by atoms with E-state index < -0.39 is 28.8 Å². The standard InChI is InChI=1S/C26H25F3N5O4P/c1-14(16-4-6-17(7-5-16)24(36)37)30-22(35)20-21(25(2,3)39)31-34-9-8-33(23(20)34)13-15-10-18(26(27,28)29)12-19(11-15)32-38/h4-7,10-12H,1,8-9,13,39H2,2-3H3,(H,30,35)(H,36,37). The molecule has 2 N–H and O–H groups in total. The maximum Gasteiger partial charge on any atom is 0.416 e. The van der Waals surface area contributed by atoms with Crippen LogP contribution in [-0.2, 0) is 24.4 Å². The van der Waals surface area contributed by atoms with Gasteiger partial charge in [-0.15, -0.1) is 14.1 Å². The van der Waals surface area contributed by atoms with E-state index in [0.29, 0.717) is 36.2 Å². The van der Waals surface area contributed by atoms with Crippen LogP contribution in [0.4, 0.5) is 24.7 Å². The van der Waals surface area contributed by atoms with E-state index in [0.717, 1.165) is 6.07 Å². The molecule has 3 aromatic rings. The van der Waals surface area contributed by atoms with Gasteiger partial charge in [-0.05, 0) is 46.6 Å². The van der Waals surface area contributed by atoms with Crippen LogP contribution < -0.4 is 10.2 Å². The van der Waals surface area contributed by atoms with Gasteiger partial charge < -0.3 is 15.3 Å². The average Bonchev–Trinajstić information content (AvgIpc) is 3.43. The molecule has 0 fully saturated rings. The lowest BCUT2D eigenvalue weighted by Crippen LogP contribution is -2.28. The lowest BCUT2D eigenvalue weighted by molar-refractivity contribution is -0.137. The summed E-state index contributed by atoms with van der Waals surface area (Å²) in [6, 6.07) is 8.75. The van der Waals surface area contributed by atoms with Gasteiger partial charge in [-0.3, -0.25) is 4.79 Å². The van der Waals surface area contributed by atoms with Gasteiger partial charge in [-0.25, -0.2) is 9.48 Å². The van der Waals surface area contributed by atoms with E-state index in [1.807, 2.05) is 13.8 Å². The molecule has 1 unspecified atom stereocenters. The summed E-state index contributed by atoms with van der Waals surface area (Å²) in [5, 5.41) is 18.5. The number of carbonyl (C=O) groups excluding carboxylic acids is 1. The summed E-state index contributed by atoms with van der Waals surface area (Å²) in [5.74, 6) is -1.19. The minimum absolute atomic E-state index is 0.0211. The van der Waals surface area contributed by atoms with Crippen molar-refractivity contribution >= 4 is 38.3 Å². The van der Waals surface area contributed by atoms with Crippen molar-refractivity contribution in [2.24, 2.45) is 5.18 Å². The zero-order valence-corrected chi connectivity index (χ0v) is 22.2. The Bertz CT molecular complexity index is 1480. The van der Waals surface area contributed by atoms with Crippen LogP contribution in [0.2, 0.25) is 0 Å². The van der Waals surface area contributed by atoms with Crippen LogP contribution in [-0.4, -0.2) is 33.3 Å². The molecule has 204 valence electrons. The molecule has 13 heteroatoms. The Kier molecular flexibility index (Phi) is 7.36. The first-order valence-corrected chi connectivity index (χ1v) is 12.3. The molecule has 0 bridgehead atoms. The number of carboxylic acids is 1. The Hall–Kier alpha value is -4.05. The summed E-state index contributed by atoms with van der Waals surface area (Å²) in [6.45, 7) is 8.35. The predicted octanol–water partition coefficient (Wildman–Crippen LogP) is 5.53. The van der Waals surface area contributed by atoms with Crippen molar-refractivity contribution in [2.75, 3.05) is 11.4 Å². The molecule has 0 aliphatic carbocycles. The molecule has 0 radical (unpaired) electrons. The molecule has 9 nitrogen and oxygen atoms in total. The molecular formula is C26H25F3N5O4P. The highest BCUT2D eigenvalue weighted by molar-refractivity contribution is 7.18. The monoisotopic (exact) mass is 559 g/mol. The zero-order valence-electron chi connectivity index (χ0n) is 21.0. The molecule has 0 saturated heterocycles. The Balaban J connectivity index is 1.69. The van der Waals surface area contributed by atoms with Crippen LogP contribution in [0.15, 0.2) is 54.2 Å².